The molecule has 23 heteroatoms. The molecule has 1 aliphatic rings. The number of nitrogens with zero attached hydrogens (tertiary/aromatic N) is 5. The van der Waals surface area contributed by atoms with Gasteiger partial charge in [0.2, 0.25) is 41.4 Å². The van der Waals surface area contributed by atoms with Crippen LogP contribution in [0.15, 0.2) is 73.6 Å². The molecule has 7 atom stereocenters. The normalized spacial score (nSPS) is 16.7. The quantitative estimate of drug-likeness (QED) is 0.0476. The second-order valence-corrected chi connectivity index (χ2v) is 17.2. The van der Waals surface area contributed by atoms with Crippen LogP contribution in [0.25, 0.3) is 0 Å². The molecule has 23 nitrogen and oxygen atoms in total. The second kappa shape index (κ2) is 25.4. The van der Waals surface area contributed by atoms with Gasteiger partial charge in [-0.05, 0) is 61.9 Å². The smallest absolute Gasteiger partial charge is 0.248 e. The Kier molecular flexibility index (Phi) is 19.4. The van der Waals surface area contributed by atoms with Crippen molar-refractivity contribution in [2.75, 3.05) is 32.7 Å². The van der Waals surface area contributed by atoms with Gasteiger partial charge in [-0.1, -0.05) is 36.4 Å². The Morgan fingerprint density at radius 3 is 1.81 bits per heavy atom. The van der Waals surface area contributed by atoms with E-state index in [9.17, 15) is 43.8 Å². The van der Waals surface area contributed by atoms with Gasteiger partial charge in [0.1, 0.15) is 18.1 Å². The highest BCUT2D eigenvalue weighted by Crippen LogP contribution is 2.19. The number of nitrogens with one attached hydrogen (secondary N) is 5. The van der Waals surface area contributed by atoms with E-state index in [1.165, 1.54) is 65.7 Å². The van der Waals surface area contributed by atoms with Crippen LogP contribution in [0.2, 0.25) is 0 Å². The maximum Gasteiger partial charge on any atom is 0.248 e. The lowest BCUT2D eigenvalue weighted by atomic mass is 10.0. The predicted molar refractivity (Wildman–Crippen MR) is 250 cm³/mol. The zero-order chi connectivity index (χ0) is 50.2. The summed E-state index contributed by atoms with van der Waals surface area (Å²) in [6.45, 7) is 1.91. The summed E-state index contributed by atoms with van der Waals surface area (Å²) >= 11 is 0. The van der Waals surface area contributed by atoms with Crippen molar-refractivity contribution in [2.24, 2.45) is 22.9 Å². The van der Waals surface area contributed by atoms with Gasteiger partial charge in [0.15, 0.2) is 0 Å². The second-order valence-electron chi connectivity index (χ2n) is 17.2. The van der Waals surface area contributed by atoms with Gasteiger partial charge in [-0.3, -0.25) is 33.6 Å². The first-order valence-corrected chi connectivity index (χ1v) is 22.7. The minimum atomic E-state index is -1.50. The minimum Gasteiger partial charge on any atom is -0.391 e. The van der Waals surface area contributed by atoms with E-state index in [4.69, 9.17) is 22.9 Å². The van der Waals surface area contributed by atoms with Gasteiger partial charge in [0, 0.05) is 81.5 Å². The Hall–Kier alpha value is -7.05. The Morgan fingerprint density at radius 2 is 1.25 bits per heavy atom. The molecule has 2 aromatic heterocycles. The summed E-state index contributed by atoms with van der Waals surface area (Å²) < 4.78 is 0. The fourth-order valence-electron chi connectivity index (χ4n) is 7.79. The molecular weight excluding hydrogens is 893 g/mol. The number of aromatic amines is 2. The van der Waals surface area contributed by atoms with E-state index in [-0.39, 0.29) is 76.9 Å². The van der Waals surface area contributed by atoms with Gasteiger partial charge in [-0.2, -0.15) is 0 Å². The zero-order valence-corrected chi connectivity index (χ0v) is 38.8. The average molecular weight is 957 g/mol. The lowest BCUT2D eigenvalue weighted by Crippen LogP contribution is -2.58. The number of primary amides is 1. The van der Waals surface area contributed by atoms with E-state index in [0.717, 1.165) is 5.56 Å². The van der Waals surface area contributed by atoms with Crippen LogP contribution in [0.1, 0.15) is 65.1 Å². The first-order valence-electron chi connectivity index (χ1n) is 22.7. The number of hydrogen-bond acceptors (Lipinski definition) is 14. The molecule has 1 aliphatic heterocycles. The summed E-state index contributed by atoms with van der Waals surface area (Å²) in [6, 6.07) is 7.77. The fraction of sp³-hybridized carbons (Fsp3) is 0.457. The van der Waals surface area contributed by atoms with Crippen LogP contribution in [-0.2, 0) is 61.1 Å². The van der Waals surface area contributed by atoms with Crippen LogP contribution >= 0.6 is 0 Å². The molecule has 0 saturated carbocycles. The number of benzene rings is 2. The molecule has 5 rings (SSSR count). The number of aliphatic hydroxyl groups is 2. The molecule has 7 amide bonds. The monoisotopic (exact) mass is 956 g/mol. The Bertz CT molecular complexity index is 2350. The fourth-order valence-corrected chi connectivity index (χ4v) is 7.79. The number of fused-ring (bicyclic) bond motifs is 2. The summed E-state index contributed by atoms with van der Waals surface area (Å²) in [5.74, 6) is -4.61. The van der Waals surface area contributed by atoms with Gasteiger partial charge >= 0.3 is 0 Å². The van der Waals surface area contributed by atoms with E-state index in [2.05, 4.69) is 35.9 Å². The van der Waals surface area contributed by atoms with E-state index in [0.29, 0.717) is 22.5 Å². The average Bonchev–Trinajstić information content (AvgIpc) is 4.05. The van der Waals surface area contributed by atoms with Crippen LogP contribution in [0, 0.1) is 0 Å². The van der Waals surface area contributed by atoms with Gasteiger partial charge in [0.05, 0.1) is 43.5 Å². The van der Waals surface area contributed by atoms with Crippen molar-refractivity contribution in [3.05, 3.63) is 107 Å². The summed E-state index contributed by atoms with van der Waals surface area (Å²) in [5, 5.41) is 28.6. The van der Waals surface area contributed by atoms with E-state index in [1.807, 2.05) is 30.3 Å². The van der Waals surface area contributed by atoms with Crippen molar-refractivity contribution < 1.29 is 43.8 Å². The number of carbonyl (C=O) groups excluding carboxylic acids is 7. The van der Waals surface area contributed by atoms with Gasteiger partial charge in [-0.25, -0.2) is 9.97 Å². The predicted octanol–water partition coefficient (Wildman–Crippen LogP) is -2.93. The molecular formula is C46H64N14O9. The molecule has 0 spiro atoms. The first-order chi connectivity index (χ1) is 32.9. The number of imidazole rings is 2. The summed E-state index contributed by atoms with van der Waals surface area (Å²) in [5.41, 5.74) is 27.1. The van der Waals surface area contributed by atoms with Crippen LogP contribution in [-0.4, -0.2) is 161 Å². The lowest BCUT2D eigenvalue weighted by molar-refractivity contribution is -0.140. The van der Waals surface area contributed by atoms with Crippen molar-refractivity contribution in [1.82, 2.24) is 50.6 Å². The van der Waals surface area contributed by atoms with E-state index in [1.54, 1.807) is 6.07 Å². The molecule has 0 unspecified atom stereocenters. The maximum absolute atomic E-state index is 14.9. The van der Waals surface area contributed by atoms with Crippen molar-refractivity contribution in [3.8, 4) is 0 Å². The molecule has 2 bridgehead atoms. The molecule has 0 radical (unpaired) electrons. The molecule has 2 aromatic carbocycles. The molecule has 15 N–H and O–H groups in total. The standard InChI is InChI=1S/C46H64N14O9/c1-27(61)39(49)44(67)57-40(28(2)62)46(69)58-10-6-12-59(38(63)22-53-42(65)35(47)17-29-8-4-3-5-9-29)23-30-14-31(16-32(15-30)41(50)64)24-60(13-7-11-58)45(68)37(19-34-21-52-26-55-34)56-43(66)36(48)18-33-20-51-25-54-33/h3-5,8-9,14-16,20-21,25-28,35-37,39-40,61-62H,6-7,10-13,17-19,22-24,47-49H2,1-2H3,(H2,50,64)(H,51,54)(H,52,55)(H,53,65)(H,56,66)(H,57,67)/t27-,28-,35+,36+,37+,39+,40+/m1/s1. The number of aromatic nitrogens is 4. The van der Waals surface area contributed by atoms with E-state index < -0.39 is 90.3 Å². The van der Waals surface area contributed by atoms with Crippen LogP contribution in [0.3, 0.4) is 0 Å². The van der Waals surface area contributed by atoms with E-state index >= 15 is 0 Å². The Morgan fingerprint density at radius 1 is 0.681 bits per heavy atom. The first kappa shape index (κ1) is 52.9. The molecule has 0 aliphatic carbocycles. The number of carbonyl (C=O) groups is 7. The lowest BCUT2D eigenvalue weighted by Gasteiger charge is -2.33. The highest BCUT2D eigenvalue weighted by molar-refractivity contribution is 5.94. The summed E-state index contributed by atoms with van der Waals surface area (Å²) in [6.07, 6.45) is 3.80. The number of H-pyrrole nitrogens is 2. The number of hydrogen-bond donors (Lipinski definition) is 11. The largest absolute Gasteiger partial charge is 0.391 e. The van der Waals surface area contributed by atoms with Crippen molar-refractivity contribution in [1.29, 1.82) is 0 Å². The third-order valence-corrected chi connectivity index (χ3v) is 11.6. The van der Waals surface area contributed by atoms with Crippen molar-refractivity contribution >= 4 is 41.4 Å². The van der Waals surface area contributed by atoms with Crippen LogP contribution in [0.4, 0.5) is 0 Å². The zero-order valence-electron chi connectivity index (χ0n) is 38.8. The van der Waals surface area contributed by atoms with Gasteiger partial charge < -0.3 is 73.8 Å². The third kappa shape index (κ3) is 15.8. The minimum absolute atomic E-state index is 0.0103. The van der Waals surface area contributed by atoms with Gasteiger partial charge in [0.25, 0.3) is 0 Å². The highest BCUT2D eigenvalue weighted by atomic mass is 16.3. The summed E-state index contributed by atoms with van der Waals surface area (Å²) in [7, 11) is 0. The molecule has 0 fully saturated rings. The van der Waals surface area contributed by atoms with Crippen LogP contribution < -0.4 is 38.9 Å². The van der Waals surface area contributed by atoms with Crippen molar-refractivity contribution in [3.63, 3.8) is 0 Å². The summed E-state index contributed by atoms with van der Waals surface area (Å²) in [4.78, 5) is 114. The number of nitrogens with two attached hydrogens (primary N) is 4. The molecule has 69 heavy (non-hydrogen) atoms. The number of aliphatic hydroxyl groups excluding tert-OH is 2. The maximum atomic E-state index is 14.9. The van der Waals surface area contributed by atoms with Gasteiger partial charge in [-0.15, -0.1) is 0 Å². The highest BCUT2D eigenvalue weighted by Gasteiger charge is 2.34. The molecule has 3 heterocycles. The number of rotatable bonds is 18. The SMILES string of the molecule is C[C@@H](O)[C@H](N)C(=O)N[C@H](C(=O)N1CCCN(C(=O)CNC(=O)[C@@H](N)Cc2ccccc2)Cc2cc(cc(C(N)=O)c2)CN(C(=O)[C@H](Cc2cnc[nH]2)NC(=O)[C@@H](N)Cc2cnc[nH]2)CCC1)[C@@H](C)O. The van der Waals surface area contributed by atoms with Crippen LogP contribution in [0.5, 0.6) is 0 Å². The third-order valence-electron chi connectivity index (χ3n) is 11.6. The Labute approximate surface area is 399 Å². The Balaban J connectivity index is 1.48. The molecule has 372 valence electrons. The topological polar surface area (TPSA) is 367 Å². The van der Waals surface area contributed by atoms with Crippen molar-refractivity contribution in [2.45, 2.75) is 101 Å². The number of amides is 7. The molecule has 4 aromatic rings. The molecule has 0 saturated heterocycles.